The SMILES string of the molecule is O=C(NCc1ccc(F)cc1F)c1cn(C[C@H](O)c2cccs2)nn1. The van der Waals surface area contributed by atoms with Gasteiger partial charge in [-0.2, -0.15) is 0 Å². The van der Waals surface area contributed by atoms with Crippen LogP contribution in [0.3, 0.4) is 0 Å². The minimum atomic E-state index is -0.745. The molecule has 9 heteroatoms. The molecule has 0 bridgehead atoms. The van der Waals surface area contributed by atoms with Crippen LogP contribution in [0.25, 0.3) is 0 Å². The Morgan fingerprint density at radius 1 is 1.36 bits per heavy atom. The number of aliphatic hydroxyl groups is 1. The van der Waals surface area contributed by atoms with Crippen molar-refractivity contribution in [2.45, 2.75) is 19.2 Å². The molecule has 6 nitrogen and oxygen atoms in total. The highest BCUT2D eigenvalue weighted by atomic mass is 32.1. The first-order valence-electron chi connectivity index (χ1n) is 7.36. The summed E-state index contributed by atoms with van der Waals surface area (Å²) in [5.74, 6) is -1.96. The Balaban J connectivity index is 1.59. The van der Waals surface area contributed by atoms with Crippen LogP contribution in [-0.4, -0.2) is 26.0 Å². The van der Waals surface area contributed by atoms with E-state index in [0.29, 0.717) is 0 Å². The van der Waals surface area contributed by atoms with Crippen LogP contribution in [-0.2, 0) is 13.1 Å². The van der Waals surface area contributed by atoms with E-state index >= 15 is 0 Å². The Morgan fingerprint density at radius 3 is 2.92 bits per heavy atom. The van der Waals surface area contributed by atoms with Gasteiger partial charge in [0.25, 0.3) is 5.91 Å². The molecule has 0 spiro atoms. The predicted octanol–water partition coefficient (Wildman–Crippen LogP) is 2.28. The van der Waals surface area contributed by atoms with Crippen molar-refractivity contribution in [1.82, 2.24) is 20.3 Å². The van der Waals surface area contributed by atoms with Crippen molar-refractivity contribution < 1.29 is 18.7 Å². The van der Waals surface area contributed by atoms with Crippen molar-refractivity contribution in [2.24, 2.45) is 0 Å². The third-order valence-electron chi connectivity index (χ3n) is 3.46. The van der Waals surface area contributed by atoms with Crippen LogP contribution >= 0.6 is 11.3 Å². The number of aromatic nitrogens is 3. The molecule has 1 aromatic carbocycles. The van der Waals surface area contributed by atoms with Crippen molar-refractivity contribution in [3.63, 3.8) is 0 Å². The van der Waals surface area contributed by atoms with E-state index in [1.807, 2.05) is 11.4 Å². The highest BCUT2D eigenvalue weighted by Crippen LogP contribution is 2.20. The Kier molecular flexibility index (Phi) is 5.15. The zero-order valence-corrected chi connectivity index (χ0v) is 13.7. The van der Waals surface area contributed by atoms with Crippen molar-refractivity contribution in [3.05, 3.63) is 69.7 Å². The van der Waals surface area contributed by atoms with Gasteiger partial charge in [0.1, 0.15) is 17.7 Å². The molecule has 0 saturated heterocycles. The number of nitrogens with one attached hydrogen (secondary N) is 1. The Morgan fingerprint density at radius 2 is 2.20 bits per heavy atom. The summed E-state index contributed by atoms with van der Waals surface area (Å²) in [6.45, 7) is 0.0585. The number of nitrogens with zero attached hydrogens (tertiary/aromatic N) is 3. The summed E-state index contributed by atoms with van der Waals surface area (Å²) < 4.78 is 27.7. The van der Waals surface area contributed by atoms with Gasteiger partial charge >= 0.3 is 0 Å². The molecule has 3 rings (SSSR count). The summed E-state index contributed by atoms with van der Waals surface area (Å²) in [6.07, 6.45) is 0.651. The molecule has 1 atom stereocenters. The standard InChI is InChI=1S/C16H14F2N4O2S/c17-11-4-3-10(12(18)6-11)7-19-16(24)13-8-22(21-20-13)9-14(23)15-2-1-5-25-15/h1-6,8,14,23H,7,9H2,(H,19,24)/t14-/m0/s1. The van der Waals surface area contributed by atoms with Crippen LogP contribution in [0.5, 0.6) is 0 Å². The molecule has 0 saturated carbocycles. The smallest absolute Gasteiger partial charge is 0.273 e. The molecule has 0 aliphatic carbocycles. The third kappa shape index (κ3) is 4.25. The summed E-state index contributed by atoms with van der Waals surface area (Å²) in [7, 11) is 0. The van der Waals surface area contributed by atoms with Crippen molar-refractivity contribution in [1.29, 1.82) is 0 Å². The van der Waals surface area contributed by atoms with Gasteiger partial charge in [-0.3, -0.25) is 4.79 Å². The first kappa shape index (κ1) is 17.2. The highest BCUT2D eigenvalue weighted by molar-refractivity contribution is 7.10. The number of carbonyl (C=O) groups is 1. The van der Waals surface area contributed by atoms with Crippen molar-refractivity contribution in [3.8, 4) is 0 Å². The Labute approximate surface area is 145 Å². The number of halogens is 2. The predicted molar refractivity (Wildman–Crippen MR) is 86.8 cm³/mol. The second kappa shape index (κ2) is 7.49. The molecule has 25 heavy (non-hydrogen) atoms. The zero-order valence-electron chi connectivity index (χ0n) is 12.9. The normalized spacial score (nSPS) is 12.1. The van der Waals surface area contributed by atoms with Gasteiger partial charge < -0.3 is 10.4 Å². The fraction of sp³-hybridized carbons (Fsp3) is 0.188. The maximum absolute atomic E-state index is 13.5. The van der Waals surface area contributed by atoms with Crippen LogP contribution in [0.4, 0.5) is 8.78 Å². The van der Waals surface area contributed by atoms with Gasteiger partial charge in [-0.25, -0.2) is 13.5 Å². The summed E-state index contributed by atoms with van der Waals surface area (Å²) >= 11 is 1.42. The van der Waals surface area contributed by atoms with Gasteiger partial charge in [-0.15, -0.1) is 16.4 Å². The fourth-order valence-corrected chi connectivity index (χ4v) is 2.87. The van der Waals surface area contributed by atoms with E-state index in [2.05, 4.69) is 15.6 Å². The van der Waals surface area contributed by atoms with Gasteiger partial charge in [0, 0.05) is 23.1 Å². The van der Waals surface area contributed by atoms with Crippen LogP contribution in [0.15, 0.2) is 41.9 Å². The summed E-state index contributed by atoms with van der Waals surface area (Å²) in [6, 6.07) is 6.77. The molecule has 2 aromatic heterocycles. The number of carbonyl (C=O) groups excluding carboxylic acids is 1. The van der Waals surface area contributed by atoms with E-state index in [4.69, 9.17) is 0 Å². The fourth-order valence-electron chi connectivity index (χ4n) is 2.17. The lowest BCUT2D eigenvalue weighted by atomic mass is 10.2. The Bertz CT molecular complexity index is 867. The minimum absolute atomic E-state index is 0.0425. The van der Waals surface area contributed by atoms with Gasteiger partial charge in [-0.05, 0) is 17.5 Å². The lowest BCUT2D eigenvalue weighted by Gasteiger charge is -2.07. The van der Waals surface area contributed by atoms with Gasteiger partial charge in [0.15, 0.2) is 5.69 Å². The third-order valence-corrected chi connectivity index (χ3v) is 4.43. The average molecular weight is 364 g/mol. The monoisotopic (exact) mass is 364 g/mol. The number of hydrogen-bond acceptors (Lipinski definition) is 5. The molecule has 0 radical (unpaired) electrons. The Hall–Kier alpha value is -2.65. The van der Waals surface area contributed by atoms with Gasteiger partial charge in [0.05, 0.1) is 12.7 Å². The number of amides is 1. The van der Waals surface area contributed by atoms with Gasteiger partial charge in [-0.1, -0.05) is 17.3 Å². The van der Waals surface area contributed by atoms with E-state index in [1.54, 1.807) is 6.07 Å². The van der Waals surface area contributed by atoms with Crippen LogP contribution in [0, 0.1) is 11.6 Å². The molecule has 0 aliphatic heterocycles. The molecule has 1 amide bonds. The molecule has 2 heterocycles. The largest absolute Gasteiger partial charge is 0.386 e. The molecule has 3 aromatic rings. The van der Waals surface area contributed by atoms with Crippen LogP contribution in [0.2, 0.25) is 0 Å². The number of hydrogen-bond donors (Lipinski definition) is 2. The van der Waals surface area contributed by atoms with Crippen molar-refractivity contribution >= 4 is 17.2 Å². The topological polar surface area (TPSA) is 80.0 Å². The molecule has 0 aliphatic rings. The molecule has 2 N–H and O–H groups in total. The maximum atomic E-state index is 13.5. The molecule has 130 valence electrons. The number of benzene rings is 1. The zero-order chi connectivity index (χ0) is 17.8. The number of rotatable bonds is 6. The number of thiophene rings is 1. The molecule has 0 fully saturated rings. The molecular weight excluding hydrogens is 350 g/mol. The summed E-state index contributed by atoms with van der Waals surface area (Å²) in [5, 5.41) is 21.9. The summed E-state index contributed by atoms with van der Waals surface area (Å²) in [5.41, 5.74) is 0.205. The quantitative estimate of drug-likeness (QED) is 0.703. The lowest BCUT2D eigenvalue weighted by molar-refractivity contribution is 0.0945. The average Bonchev–Trinajstić information content (AvgIpc) is 3.25. The molecular formula is C16H14F2N4O2S. The maximum Gasteiger partial charge on any atom is 0.273 e. The van der Waals surface area contributed by atoms with Crippen LogP contribution in [0.1, 0.15) is 27.0 Å². The minimum Gasteiger partial charge on any atom is -0.386 e. The van der Waals surface area contributed by atoms with E-state index < -0.39 is 23.6 Å². The second-order valence-electron chi connectivity index (χ2n) is 5.28. The van der Waals surface area contributed by atoms with Crippen LogP contribution < -0.4 is 5.32 Å². The van der Waals surface area contributed by atoms with E-state index in [-0.39, 0.29) is 24.3 Å². The lowest BCUT2D eigenvalue weighted by Crippen LogP contribution is -2.23. The first-order valence-corrected chi connectivity index (χ1v) is 8.24. The van der Waals surface area contributed by atoms with Gasteiger partial charge in [0.2, 0.25) is 0 Å². The second-order valence-corrected chi connectivity index (χ2v) is 6.25. The highest BCUT2D eigenvalue weighted by Gasteiger charge is 2.15. The molecule has 0 unspecified atom stereocenters. The van der Waals surface area contributed by atoms with E-state index in [1.165, 1.54) is 28.3 Å². The van der Waals surface area contributed by atoms with E-state index in [9.17, 15) is 18.7 Å². The summed E-state index contributed by atoms with van der Waals surface area (Å²) in [4.78, 5) is 12.8. The number of aliphatic hydroxyl groups excluding tert-OH is 1. The van der Waals surface area contributed by atoms with Crippen molar-refractivity contribution in [2.75, 3.05) is 0 Å². The van der Waals surface area contributed by atoms with E-state index in [0.717, 1.165) is 17.0 Å². The first-order chi connectivity index (χ1) is 12.0.